The SMILES string of the molecule is O=C(Cc1ccc(CC(O)(O)CP)cc1)c1cc(O)ccc1O. The van der Waals surface area contributed by atoms with Gasteiger partial charge in [-0.1, -0.05) is 24.3 Å². The van der Waals surface area contributed by atoms with Crippen LogP contribution in [0.5, 0.6) is 11.5 Å². The van der Waals surface area contributed by atoms with Gasteiger partial charge in [-0.3, -0.25) is 4.79 Å². The third-order valence-corrected chi connectivity index (χ3v) is 4.14. The van der Waals surface area contributed by atoms with Crippen molar-refractivity contribution >= 4 is 15.0 Å². The van der Waals surface area contributed by atoms with Gasteiger partial charge in [0.25, 0.3) is 0 Å². The Kier molecular flexibility index (Phi) is 5.37. The maximum absolute atomic E-state index is 12.2. The van der Waals surface area contributed by atoms with E-state index in [2.05, 4.69) is 9.24 Å². The molecule has 6 heteroatoms. The summed E-state index contributed by atoms with van der Waals surface area (Å²) in [6.45, 7) is 0. The smallest absolute Gasteiger partial charge is 0.171 e. The summed E-state index contributed by atoms with van der Waals surface area (Å²) >= 11 is 0. The van der Waals surface area contributed by atoms with Crippen LogP contribution in [0, 0.1) is 0 Å². The fourth-order valence-corrected chi connectivity index (χ4v) is 2.35. The number of rotatable bonds is 6. The number of phenolic OH excluding ortho intramolecular Hbond substituents is 2. The highest BCUT2D eigenvalue weighted by atomic mass is 31.0. The van der Waals surface area contributed by atoms with Crippen molar-refractivity contribution in [2.75, 3.05) is 6.16 Å². The summed E-state index contributed by atoms with van der Waals surface area (Å²) in [5.41, 5.74) is 1.55. The van der Waals surface area contributed by atoms with Crippen LogP contribution in [0.4, 0.5) is 0 Å². The van der Waals surface area contributed by atoms with E-state index in [1.54, 1.807) is 24.3 Å². The minimum atomic E-state index is -1.77. The Labute approximate surface area is 136 Å². The van der Waals surface area contributed by atoms with E-state index in [4.69, 9.17) is 0 Å². The lowest BCUT2D eigenvalue weighted by molar-refractivity contribution is -0.138. The van der Waals surface area contributed by atoms with Crippen molar-refractivity contribution in [3.63, 3.8) is 0 Å². The molecule has 0 radical (unpaired) electrons. The van der Waals surface area contributed by atoms with Crippen molar-refractivity contribution in [3.8, 4) is 11.5 Å². The molecule has 1 unspecified atom stereocenters. The summed E-state index contributed by atoms with van der Waals surface area (Å²) in [6.07, 6.45) is 0.312. The Hall–Kier alpha value is -1.94. The van der Waals surface area contributed by atoms with Gasteiger partial charge in [0.15, 0.2) is 11.6 Å². The first kappa shape index (κ1) is 17.4. The Bertz CT molecular complexity index is 695. The molecule has 0 spiro atoms. The van der Waals surface area contributed by atoms with Gasteiger partial charge in [-0.15, -0.1) is 9.24 Å². The average molecular weight is 334 g/mol. The highest BCUT2D eigenvalue weighted by molar-refractivity contribution is 7.16. The molecule has 2 rings (SSSR count). The first-order valence-corrected chi connectivity index (χ1v) is 7.90. The number of ketones is 1. The van der Waals surface area contributed by atoms with Gasteiger partial charge in [-0.25, -0.2) is 0 Å². The van der Waals surface area contributed by atoms with Crippen LogP contribution in [0.3, 0.4) is 0 Å². The third-order valence-electron chi connectivity index (χ3n) is 3.48. The molecule has 0 saturated carbocycles. The molecule has 0 saturated heterocycles. The summed E-state index contributed by atoms with van der Waals surface area (Å²) < 4.78 is 0. The molecule has 5 nitrogen and oxygen atoms in total. The maximum atomic E-state index is 12.2. The van der Waals surface area contributed by atoms with Crippen molar-refractivity contribution in [2.45, 2.75) is 18.6 Å². The highest BCUT2D eigenvalue weighted by Crippen LogP contribution is 2.24. The fraction of sp³-hybridized carbons (Fsp3) is 0.235. The van der Waals surface area contributed by atoms with Crippen LogP contribution in [0.1, 0.15) is 21.5 Å². The van der Waals surface area contributed by atoms with Crippen LogP contribution in [-0.2, 0) is 12.8 Å². The van der Waals surface area contributed by atoms with Gasteiger partial charge < -0.3 is 20.4 Å². The zero-order chi connectivity index (χ0) is 17.0. The molecular weight excluding hydrogens is 315 g/mol. The Morgan fingerprint density at radius 2 is 1.61 bits per heavy atom. The number of carbonyl (C=O) groups is 1. The maximum Gasteiger partial charge on any atom is 0.171 e. The largest absolute Gasteiger partial charge is 0.508 e. The van der Waals surface area contributed by atoms with E-state index in [0.717, 1.165) is 11.1 Å². The Balaban J connectivity index is 2.09. The normalized spacial score (nSPS) is 11.4. The summed E-state index contributed by atoms with van der Waals surface area (Å²) in [5.74, 6) is -2.33. The second-order valence-electron chi connectivity index (χ2n) is 5.48. The standard InChI is InChI=1S/C17H19O5P/c18-13-5-6-15(19)14(8-13)16(20)7-11-1-3-12(4-2-11)9-17(21,22)10-23/h1-6,8,18-19,21-22H,7,9-10,23H2. The van der Waals surface area contributed by atoms with E-state index >= 15 is 0 Å². The van der Waals surface area contributed by atoms with E-state index in [9.17, 15) is 25.2 Å². The Morgan fingerprint density at radius 3 is 2.22 bits per heavy atom. The molecule has 23 heavy (non-hydrogen) atoms. The van der Waals surface area contributed by atoms with Gasteiger partial charge in [-0.2, -0.15) is 0 Å². The van der Waals surface area contributed by atoms with E-state index in [-0.39, 0.29) is 41.8 Å². The van der Waals surface area contributed by atoms with Crippen LogP contribution in [0.2, 0.25) is 0 Å². The van der Waals surface area contributed by atoms with Crippen LogP contribution in [0.15, 0.2) is 42.5 Å². The summed E-state index contributed by atoms with van der Waals surface area (Å²) in [7, 11) is 2.28. The molecular formula is C17H19O5P. The quantitative estimate of drug-likeness (QED) is 0.279. The summed E-state index contributed by atoms with van der Waals surface area (Å²) in [6, 6.07) is 10.7. The summed E-state index contributed by atoms with van der Waals surface area (Å²) in [5, 5.41) is 38.4. The molecule has 0 aliphatic heterocycles. The predicted molar refractivity (Wildman–Crippen MR) is 89.7 cm³/mol. The molecule has 2 aromatic carbocycles. The first-order valence-electron chi connectivity index (χ1n) is 7.08. The minimum Gasteiger partial charge on any atom is -0.508 e. The molecule has 0 amide bonds. The minimum absolute atomic E-state index is 0.0711. The van der Waals surface area contributed by atoms with Gasteiger partial charge in [0.05, 0.1) is 5.56 Å². The molecule has 0 aliphatic rings. The van der Waals surface area contributed by atoms with Crippen molar-refractivity contribution in [3.05, 3.63) is 59.2 Å². The van der Waals surface area contributed by atoms with E-state index in [1.807, 2.05) is 0 Å². The number of phenols is 2. The lowest BCUT2D eigenvalue weighted by Crippen LogP contribution is -2.32. The lowest BCUT2D eigenvalue weighted by Gasteiger charge is -2.19. The fourth-order valence-electron chi connectivity index (χ4n) is 2.20. The van der Waals surface area contributed by atoms with Crippen molar-refractivity contribution in [2.24, 2.45) is 0 Å². The highest BCUT2D eigenvalue weighted by Gasteiger charge is 2.20. The molecule has 4 N–H and O–H groups in total. The van der Waals surface area contributed by atoms with Crippen LogP contribution < -0.4 is 0 Å². The van der Waals surface area contributed by atoms with Crippen LogP contribution >= 0.6 is 9.24 Å². The number of aliphatic hydroxyl groups is 2. The Morgan fingerprint density at radius 1 is 1.00 bits per heavy atom. The van der Waals surface area contributed by atoms with E-state index < -0.39 is 5.79 Å². The second kappa shape index (κ2) is 7.09. The van der Waals surface area contributed by atoms with E-state index in [0.29, 0.717) is 0 Å². The number of hydrogen-bond acceptors (Lipinski definition) is 5. The molecule has 2 aromatic rings. The molecule has 0 heterocycles. The summed E-state index contributed by atoms with van der Waals surface area (Å²) in [4.78, 5) is 12.2. The first-order chi connectivity index (χ1) is 10.8. The molecule has 0 aliphatic carbocycles. The third kappa shape index (κ3) is 4.76. The average Bonchev–Trinajstić information content (AvgIpc) is 2.51. The van der Waals surface area contributed by atoms with Gasteiger partial charge in [-0.05, 0) is 29.3 Å². The molecule has 0 aromatic heterocycles. The topological polar surface area (TPSA) is 98.0 Å². The predicted octanol–water partition coefficient (Wildman–Crippen LogP) is 1.62. The van der Waals surface area contributed by atoms with Gasteiger partial charge >= 0.3 is 0 Å². The van der Waals surface area contributed by atoms with Crippen molar-refractivity contribution in [1.29, 1.82) is 0 Å². The van der Waals surface area contributed by atoms with Gasteiger partial charge in [0, 0.05) is 19.0 Å². The lowest BCUT2D eigenvalue weighted by atomic mass is 9.99. The zero-order valence-corrected chi connectivity index (χ0v) is 13.6. The number of carbonyl (C=O) groups excluding carboxylic acids is 1. The molecule has 122 valence electrons. The molecule has 0 fully saturated rings. The second-order valence-corrected chi connectivity index (χ2v) is 5.89. The van der Waals surface area contributed by atoms with Crippen molar-refractivity contribution < 1.29 is 25.2 Å². The van der Waals surface area contributed by atoms with E-state index in [1.165, 1.54) is 18.2 Å². The number of Topliss-reactive ketones (excluding diaryl/α,β-unsaturated/α-hetero) is 1. The molecule has 1 atom stereocenters. The monoisotopic (exact) mass is 334 g/mol. The van der Waals surface area contributed by atoms with Crippen LogP contribution in [-0.4, -0.2) is 38.2 Å². The van der Waals surface area contributed by atoms with Crippen LogP contribution in [0.25, 0.3) is 0 Å². The number of aromatic hydroxyl groups is 2. The number of hydrogen-bond donors (Lipinski definition) is 4. The molecule has 0 bridgehead atoms. The number of benzene rings is 2. The zero-order valence-electron chi connectivity index (χ0n) is 12.4. The van der Waals surface area contributed by atoms with Crippen molar-refractivity contribution in [1.82, 2.24) is 0 Å². The van der Waals surface area contributed by atoms with Gasteiger partial charge in [0.2, 0.25) is 0 Å². The van der Waals surface area contributed by atoms with Gasteiger partial charge in [0.1, 0.15) is 11.5 Å².